The van der Waals surface area contributed by atoms with Crippen molar-refractivity contribution in [3.63, 3.8) is 0 Å². The summed E-state index contributed by atoms with van der Waals surface area (Å²) in [6.07, 6.45) is 4.97. The van der Waals surface area contributed by atoms with Gasteiger partial charge in [0.1, 0.15) is 22.8 Å². The first kappa shape index (κ1) is 22.2. The van der Waals surface area contributed by atoms with Crippen molar-refractivity contribution in [3.05, 3.63) is 65.2 Å². The Kier molecular flexibility index (Phi) is 5.41. The van der Waals surface area contributed by atoms with Crippen LogP contribution in [0.4, 0.5) is 5.82 Å². The molecule has 2 aliphatic rings. The first-order chi connectivity index (χ1) is 16.2. The summed E-state index contributed by atoms with van der Waals surface area (Å²) in [5.74, 6) is 1.34. The molecule has 1 fully saturated rings. The summed E-state index contributed by atoms with van der Waals surface area (Å²) in [6.45, 7) is 0.444. The van der Waals surface area contributed by atoms with Gasteiger partial charge >= 0.3 is 0 Å². The first-order valence-electron chi connectivity index (χ1n) is 10.6. The molecule has 1 aliphatic carbocycles. The number of rotatable bonds is 8. The lowest BCUT2D eigenvalue weighted by Crippen LogP contribution is -2.24. The first-order valence-corrected chi connectivity index (χ1v) is 12.2. The fourth-order valence-corrected chi connectivity index (χ4v) is 4.96. The third-order valence-electron chi connectivity index (χ3n) is 5.60. The molecule has 0 saturated heterocycles. The van der Waals surface area contributed by atoms with Crippen LogP contribution in [-0.4, -0.2) is 43.4 Å². The van der Waals surface area contributed by atoms with Crippen LogP contribution < -0.4 is 14.8 Å². The topological polar surface area (TPSA) is 109 Å². The molecule has 0 atom stereocenters. The average molecular weight is 482 g/mol. The number of benzene rings is 2. The Hall–Kier alpha value is -3.63. The minimum absolute atomic E-state index is 0.239. The minimum atomic E-state index is -3.40. The van der Waals surface area contributed by atoms with Gasteiger partial charge in [-0.25, -0.2) is 8.42 Å². The van der Waals surface area contributed by atoms with Crippen molar-refractivity contribution >= 4 is 27.6 Å². The monoisotopic (exact) mass is 481 g/mol. The number of amides is 1. The summed E-state index contributed by atoms with van der Waals surface area (Å²) in [5.41, 5.74) is 0.472. The van der Waals surface area contributed by atoms with Crippen LogP contribution >= 0.6 is 0 Å². The highest BCUT2D eigenvalue weighted by Crippen LogP contribution is 2.42. The van der Waals surface area contributed by atoms with Crippen LogP contribution in [0.25, 0.3) is 6.08 Å². The number of hydrogen-bond acceptors (Lipinski definition) is 7. The standard InChI is InChI=1S/C24H23N3O6S/c1-27-9-5-22(26-27)25-23(28)17-12-19(14-20(13-17)33-24(7-8-24)15-31-2)32-18-3-4-21-16(11-18)6-10-34(21,29)30/h3-6,9-14H,7-8,15H2,1-2H3,(H,25,26,28). The summed E-state index contributed by atoms with van der Waals surface area (Å²) in [6, 6.07) is 11.4. The molecule has 9 nitrogen and oxygen atoms in total. The maximum atomic E-state index is 12.9. The molecule has 2 heterocycles. The summed E-state index contributed by atoms with van der Waals surface area (Å²) in [7, 11) is -0.0112. The Morgan fingerprint density at radius 3 is 2.62 bits per heavy atom. The van der Waals surface area contributed by atoms with E-state index < -0.39 is 15.4 Å². The number of carbonyl (C=O) groups excluding carboxylic acids is 1. The van der Waals surface area contributed by atoms with Crippen LogP contribution in [0, 0.1) is 0 Å². The Labute approximate surface area is 196 Å². The van der Waals surface area contributed by atoms with Gasteiger partial charge in [0.15, 0.2) is 15.7 Å². The zero-order valence-electron chi connectivity index (χ0n) is 18.6. The molecule has 10 heteroatoms. The number of carbonyl (C=O) groups is 1. The summed E-state index contributed by atoms with van der Waals surface area (Å²) in [4.78, 5) is 13.2. The highest BCUT2D eigenvalue weighted by molar-refractivity contribution is 7.94. The number of aromatic nitrogens is 2. The highest BCUT2D eigenvalue weighted by atomic mass is 32.2. The number of aryl methyl sites for hydroxylation is 1. The van der Waals surface area contributed by atoms with Crippen molar-refractivity contribution in [2.45, 2.75) is 23.3 Å². The molecule has 3 aromatic rings. The maximum Gasteiger partial charge on any atom is 0.257 e. The van der Waals surface area contributed by atoms with Gasteiger partial charge in [-0.1, -0.05) is 0 Å². The van der Waals surface area contributed by atoms with E-state index in [-0.39, 0.29) is 10.8 Å². The summed E-state index contributed by atoms with van der Waals surface area (Å²) >= 11 is 0. The van der Waals surface area contributed by atoms with Gasteiger partial charge in [0.2, 0.25) is 0 Å². The molecule has 176 valence electrons. The molecule has 1 saturated carbocycles. The van der Waals surface area contributed by atoms with E-state index in [1.165, 1.54) is 17.6 Å². The van der Waals surface area contributed by atoms with Crippen LogP contribution in [0.3, 0.4) is 0 Å². The van der Waals surface area contributed by atoms with Gasteiger partial charge in [0.25, 0.3) is 5.91 Å². The zero-order valence-corrected chi connectivity index (χ0v) is 19.5. The molecule has 1 aliphatic heterocycles. The van der Waals surface area contributed by atoms with E-state index in [2.05, 4.69) is 10.4 Å². The number of ether oxygens (including phenoxy) is 3. The van der Waals surface area contributed by atoms with Crippen LogP contribution in [-0.2, 0) is 21.6 Å². The second kappa shape index (κ2) is 8.30. The zero-order chi connectivity index (χ0) is 23.9. The number of fused-ring (bicyclic) bond motifs is 1. The van der Waals surface area contributed by atoms with Crippen LogP contribution in [0.15, 0.2) is 59.0 Å². The van der Waals surface area contributed by atoms with Gasteiger partial charge in [-0.15, -0.1) is 0 Å². The smallest absolute Gasteiger partial charge is 0.257 e. The number of nitrogens with one attached hydrogen (secondary N) is 1. The van der Waals surface area contributed by atoms with Gasteiger partial charge in [0, 0.05) is 43.5 Å². The van der Waals surface area contributed by atoms with Crippen LogP contribution in [0.5, 0.6) is 17.2 Å². The molecule has 1 amide bonds. The lowest BCUT2D eigenvalue weighted by molar-refractivity contribution is 0.0637. The van der Waals surface area contributed by atoms with Crippen molar-refractivity contribution in [1.29, 1.82) is 0 Å². The number of sulfone groups is 1. The molecular weight excluding hydrogens is 458 g/mol. The number of methoxy groups -OCH3 is 1. The second-order valence-electron chi connectivity index (χ2n) is 8.39. The van der Waals surface area contributed by atoms with Gasteiger partial charge in [-0.05, 0) is 54.8 Å². The highest BCUT2D eigenvalue weighted by Gasteiger charge is 2.45. The summed E-state index contributed by atoms with van der Waals surface area (Å²) < 4.78 is 43.1. The van der Waals surface area contributed by atoms with E-state index in [1.54, 1.807) is 61.4 Å². The van der Waals surface area contributed by atoms with E-state index >= 15 is 0 Å². The molecular formula is C24H23N3O6S. The fraction of sp³-hybridized carbons (Fsp3) is 0.250. The Morgan fingerprint density at radius 1 is 1.12 bits per heavy atom. The third kappa shape index (κ3) is 4.55. The maximum absolute atomic E-state index is 12.9. The van der Waals surface area contributed by atoms with Crippen molar-refractivity contribution in [1.82, 2.24) is 9.78 Å². The lowest BCUT2D eigenvalue weighted by Gasteiger charge is -2.19. The van der Waals surface area contributed by atoms with Crippen molar-refractivity contribution in [3.8, 4) is 17.2 Å². The van der Waals surface area contributed by atoms with Crippen LogP contribution in [0.2, 0.25) is 0 Å². The largest absolute Gasteiger partial charge is 0.485 e. The van der Waals surface area contributed by atoms with E-state index in [1.807, 2.05) is 0 Å². The molecule has 0 unspecified atom stereocenters. The number of hydrogen-bond donors (Lipinski definition) is 1. The van der Waals surface area contributed by atoms with Gasteiger partial charge in [0.05, 0.1) is 11.5 Å². The van der Waals surface area contributed by atoms with E-state index in [9.17, 15) is 13.2 Å². The third-order valence-corrected chi connectivity index (χ3v) is 7.08. The quantitative estimate of drug-likeness (QED) is 0.521. The Balaban J connectivity index is 1.44. The second-order valence-corrected chi connectivity index (χ2v) is 10.2. The van der Waals surface area contributed by atoms with Gasteiger partial charge < -0.3 is 19.5 Å². The summed E-state index contributed by atoms with van der Waals surface area (Å²) in [5, 5.41) is 8.11. The number of nitrogens with zero attached hydrogens (tertiary/aromatic N) is 2. The van der Waals surface area contributed by atoms with Crippen molar-refractivity contribution in [2.75, 3.05) is 19.0 Å². The minimum Gasteiger partial charge on any atom is -0.485 e. The fourth-order valence-electron chi connectivity index (χ4n) is 3.77. The SMILES string of the molecule is COCC1(Oc2cc(Oc3ccc4c(c3)C=CS4(=O)=O)cc(C(=O)Nc3ccn(C)n3)c2)CC1. The van der Waals surface area contributed by atoms with Crippen LogP contribution in [0.1, 0.15) is 28.8 Å². The normalized spacial score (nSPS) is 16.6. The van der Waals surface area contributed by atoms with Crippen molar-refractivity contribution in [2.24, 2.45) is 7.05 Å². The molecule has 0 radical (unpaired) electrons. The van der Waals surface area contributed by atoms with Crippen molar-refractivity contribution < 1.29 is 27.4 Å². The predicted octanol–water partition coefficient (Wildman–Crippen LogP) is 3.78. The molecule has 0 spiro atoms. The molecule has 1 aromatic heterocycles. The number of anilines is 1. The molecule has 2 aromatic carbocycles. The molecule has 5 rings (SSSR count). The Bertz CT molecular complexity index is 1410. The molecule has 0 bridgehead atoms. The average Bonchev–Trinajstić information content (AvgIpc) is 3.30. The van der Waals surface area contributed by atoms with E-state index in [0.717, 1.165) is 12.8 Å². The van der Waals surface area contributed by atoms with Gasteiger partial charge in [-0.3, -0.25) is 9.48 Å². The molecule has 34 heavy (non-hydrogen) atoms. The lowest BCUT2D eigenvalue weighted by atomic mass is 10.1. The molecule has 1 N–H and O–H groups in total. The van der Waals surface area contributed by atoms with E-state index in [0.29, 0.717) is 40.8 Å². The predicted molar refractivity (Wildman–Crippen MR) is 125 cm³/mol. The Morgan fingerprint density at radius 2 is 1.91 bits per heavy atom. The van der Waals surface area contributed by atoms with Gasteiger partial charge in [-0.2, -0.15) is 5.10 Å². The van der Waals surface area contributed by atoms with E-state index in [4.69, 9.17) is 14.2 Å².